The lowest BCUT2D eigenvalue weighted by molar-refractivity contribution is 0.693. The molecule has 0 aliphatic carbocycles. The molecule has 2 aliphatic rings. The van der Waals surface area contributed by atoms with E-state index in [0.29, 0.717) is 25.5 Å². The van der Waals surface area contributed by atoms with E-state index in [4.69, 9.17) is 40.1 Å². The predicted molar refractivity (Wildman–Crippen MR) is 574 cm³/mol. The zero-order valence-corrected chi connectivity index (χ0v) is 78.5. The third-order valence-electron chi connectivity index (χ3n) is 24.7. The van der Waals surface area contributed by atoms with Crippen molar-refractivity contribution in [2.75, 3.05) is 78.5 Å². The van der Waals surface area contributed by atoms with Crippen molar-refractivity contribution in [1.82, 2.24) is 26.3 Å². The van der Waals surface area contributed by atoms with Crippen molar-refractivity contribution in [2.45, 2.75) is 84.2 Å². The van der Waals surface area contributed by atoms with Crippen molar-refractivity contribution in [1.29, 1.82) is 0 Å². The Hall–Kier alpha value is -12.2. The van der Waals surface area contributed by atoms with E-state index in [0.717, 1.165) is 147 Å². The van der Waals surface area contributed by atoms with Crippen LogP contribution in [0.5, 0.6) is 0 Å². The molecular formula is C114H118N14S4. The summed E-state index contributed by atoms with van der Waals surface area (Å²) in [4.78, 5) is 12.9. The highest BCUT2D eigenvalue weighted by Crippen LogP contribution is 2.44. The third kappa shape index (κ3) is 23.1. The van der Waals surface area contributed by atoms with Crippen LogP contribution >= 0.6 is 45.3 Å². The maximum absolute atomic E-state index is 5.71. The number of hydrogen-bond acceptors (Lipinski definition) is 15. The van der Waals surface area contributed by atoms with Gasteiger partial charge in [0.1, 0.15) is 0 Å². The first kappa shape index (κ1) is 91.7. The normalized spacial score (nSPS) is 12.9. The zero-order chi connectivity index (χ0) is 90.5. The van der Waals surface area contributed by atoms with Crippen molar-refractivity contribution in [3.8, 4) is 66.8 Å². The minimum absolute atomic E-state index is 0.152. The Morgan fingerprint density at radius 3 is 0.917 bits per heavy atom. The summed E-state index contributed by atoms with van der Waals surface area (Å²) in [6.45, 7) is 13.4. The summed E-state index contributed by atoms with van der Waals surface area (Å²) in [5.41, 5.74) is 67.5. The Morgan fingerprint density at radius 1 is 0.311 bits per heavy atom. The van der Waals surface area contributed by atoms with Crippen LogP contribution in [0.25, 0.3) is 159 Å². The van der Waals surface area contributed by atoms with E-state index in [1.807, 2.05) is 64.7 Å². The number of fused-ring (bicyclic) bond motifs is 12. The average molecular weight is 1810 g/mol. The summed E-state index contributed by atoms with van der Waals surface area (Å²) in [6, 6.07) is 101. The highest BCUT2D eigenvalue weighted by molar-refractivity contribution is 7.27. The van der Waals surface area contributed by atoms with Gasteiger partial charge in [-0.2, -0.15) is 0 Å². The number of hydrogen-bond donors (Lipinski definition) is 11. The van der Waals surface area contributed by atoms with Crippen LogP contribution in [0.3, 0.4) is 0 Å². The van der Waals surface area contributed by atoms with Gasteiger partial charge >= 0.3 is 0 Å². The minimum atomic E-state index is 0.152. The van der Waals surface area contributed by atoms with Crippen molar-refractivity contribution in [3.05, 3.63) is 342 Å². The molecule has 18 aromatic rings. The molecule has 132 heavy (non-hydrogen) atoms. The molecule has 0 bridgehead atoms. The van der Waals surface area contributed by atoms with Crippen LogP contribution in [-0.2, 0) is 38.8 Å². The van der Waals surface area contributed by atoms with E-state index in [9.17, 15) is 0 Å². The number of nitrogens with two attached hydrogens (primary N) is 7. The summed E-state index contributed by atoms with van der Waals surface area (Å²) in [5, 5.41) is 24.2. The number of aryl methyl sites for hydroxylation is 4. The van der Waals surface area contributed by atoms with Crippen LogP contribution in [0.4, 0.5) is 0 Å². The maximum atomic E-state index is 5.71. The Bertz CT molecular complexity index is 6780. The topological polar surface area (TPSA) is 268 Å². The van der Waals surface area contributed by atoms with Crippen LogP contribution in [0.2, 0.25) is 0 Å². The molecule has 2 aliphatic heterocycles. The van der Waals surface area contributed by atoms with Crippen LogP contribution in [-0.4, -0.2) is 95.3 Å². The second-order valence-corrected chi connectivity index (χ2v) is 38.6. The number of aromatic nitrogens is 1. The van der Waals surface area contributed by atoms with E-state index in [2.05, 4.69) is 321 Å². The van der Waals surface area contributed by atoms with Crippen molar-refractivity contribution in [3.63, 3.8) is 0 Å². The summed E-state index contributed by atoms with van der Waals surface area (Å²) in [6.07, 6.45) is 18.7. The highest BCUT2D eigenvalue weighted by Gasteiger charge is 2.18. The second kappa shape index (κ2) is 44.8. The van der Waals surface area contributed by atoms with Gasteiger partial charge in [0.05, 0.1) is 5.84 Å². The molecule has 0 saturated carbocycles. The monoisotopic (exact) mass is 1810 g/mol. The fraction of sp³-hybridized carbons (Fsp3) is 0.219. The quantitative estimate of drug-likeness (QED) is 0.0114. The van der Waals surface area contributed by atoms with Gasteiger partial charge in [-0.15, -0.1) is 45.3 Å². The zero-order valence-electron chi connectivity index (χ0n) is 75.3. The number of guanidine groups is 1. The number of nitrogens with zero attached hydrogens (tertiary/aromatic N) is 3. The first-order valence-corrected chi connectivity index (χ1v) is 49.7. The Kier molecular flexibility index (Phi) is 31.1. The highest BCUT2D eigenvalue weighted by atomic mass is 32.1. The van der Waals surface area contributed by atoms with Crippen LogP contribution < -0.4 is 61.4 Å². The van der Waals surface area contributed by atoms with Gasteiger partial charge in [-0.3, -0.25) is 15.0 Å². The number of nitrogens with one attached hydrogen (secondary N) is 4. The number of pyridine rings is 1. The molecule has 0 spiro atoms. The van der Waals surface area contributed by atoms with Crippen molar-refractivity contribution < 1.29 is 0 Å². The Balaban J connectivity index is 0.000000124. The molecule has 0 radical (unpaired) electrons. The Morgan fingerprint density at radius 2 is 0.598 bits per heavy atom. The van der Waals surface area contributed by atoms with Crippen LogP contribution in [0.1, 0.15) is 90.0 Å². The van der Waals surface area contributed by atoms with E-state index in [1.165, 1.54) is 192 Å². The van der Waals surface area contributed by atoms with E-state index < -0.39 is 0 Å². The molecule has 0 fully saturated rings. The molecular weight excluding hydrogens is 1690 g/mol. The van der Waals surface area contributed by atoms with E-state index in [1.54, 1.807) is 0 Å². The maximum Gasteiger partial charge on any atom is 0.185 e. The standard InChI is InChI=1S/C33H35N5S.C30H30N2S.C29H31N5S.C22H22N2S/c1-22(34)37-16-4-8-23-6-2-10-25(18-23)27-12-14-31-29(20-27)30-21-28(13-15-32(30)39-31)26-11-3-7-24(19-26)9-5-17-38-33(35)36;31-15-3-7-21-5-1-9-23(17-21)25-11-13-29-27(19-25)28-20-26(12-14-30(28)33-29)24-10-2-6-22(18-24)8-4-16-32;30-8-10-32-16-20-2-1-3-22(12-20)23-4-6-28-26(14-23)27-15-24(5-7-29(27)35-28)25-13-21(18-34-19-25)17-33-11-9-31;1-3-21-19(13-17(1)15-5-9-23-10-6-15)20-14-18(2-4-22(20)25-21)16-7-11-24-12-8-16/h2-3,6-7,10-15,18-21H,4-5,8-9,16-17H2,1H3,(H2,34,37)(H4,35,36,38);1-2,5-6,9-14,17-20H,3-4,7-8,15-16,31-32H2;1-7,12-15,18-19,32-33H,8-11,16-17,30-31H2;1-5,7,13-14,23-24H,6,8-12H2. The van der Waals surface area contributed by atoms with Crippen molar-refractivity contribution in [2.24, 2.45) is 50.1 Å². The first-order chi connectivity index (χ1) is 64.8. The smallest absolute Gasteiger partial charge is 0.185 e. The molecule has 14 nitrogen and oxygen atoms in total. The van der Waals surface area contributed by atoms with Gasteiger partial charge in [0.25, 0.3) is 0 Å². The summed E-state index contributed by atoms with van der Waals surface area (Å²) in [5.74, 6) is 0.801. The lowest BCUT2D eigenvalue weighted by Gasteiger charge is -2.15. The fourth-order valence-electron chi connectivity index (χ4n) is 17.9. The van der Waals surface area contributed by atoms with Gasteiger partial charge in [0, 0.05) is 164 Å². The molecule has 668 valence electrons. The largest absolute Gasteiger partial charge is 0.388 e. The number of thiophene rings is 4. The molecule has 18 N–H and O–H groups in total. The predicted octanol–water partition coefficient (Wildman–Crippen LogP) is 23.8. The third-order valence-corrected chi connectivity index (χ3v) is 29.3. The van der Waals surface area contributed by atoms with Gasteiger partial charge in [-0.05, 0) is 323 Å². The number of rotatable bonds is 30. The van der Waals surface area contributed by atoms with Gasteiger partial charge < -0.3 is 61.4 Å². The average Bonchev–Trinajstić information content (AvgIpc) is 1.63. The fourth-order valence-corrected chi connectivity index (χ4v) is 22.2. The summed E-state index contributed by atoms with van der Waals surface area (Å²) in [7, 11) is 0. The van der Waals surface area contributed by atoms with Gasteiger partial charge in [-0.25, -0.2) is 0 Å². The molecule has 0 saturated heterocycles. The molecule has 0 atom stereocenters. The lowest BCUT2D eigenvalue weighted by Crippen LogP contribution is -2.23. The number of benzene rings is 13. The van der Waals surface area contributed by atoms with Crippen LogP contribution in [0, 0.1) is 0 Å². The number of aliphatic imine (C=N–C) groups is 2. The molecule has 18 heteroatoms. The molecule has 7 heterocycles. The summed E-state index contributed by atoms with van der Waals surface area (Å²) < 4.78 is 10.7. The minimum Gasteiger partial charge on any atom is -0.388 e. The van der Waals surface area contributed by atoms with E-state index in [-0.39, 0.29) is 5.96 Å². The summed E-state index contributed by atoms with van der Waals surface area (Å²) >= 11 is 7.47. The molecule has 0 unspecified atom stereocenters. The van der Waals surface area contributed by atoms with Gasteiger partial charge in [-0.1, -0.05) is 176 Å². The molecule has 13 aromatic carbocycles. The molecule has 20 rings (SSSR count). The van der Waals surface area contributed by atoms with E-state index >= 15 is 0 Å². The number of amidine groups is 1. The Labute approximate surface area is 790 Å². The van der Waals surface area contributed by atoms with Gasteiger partial charge in [0.15, 0.2) is 5.96 Å². The second-order valence-electron chi connectivity index (χ2n) is 34.3. The molecule has 0 amide bonds. The molecule has 5 aromatic heterocycles. The SMILES string of the molecule is C1=C(c2ccc3sc4ccc(C5=CCNCC5)cc4c3c2)CCNC1.CC(N)=NCCCc1cccc(-c2ccc3sc4ccc(-c5cccc(CCCN=C(N)N)c5)cc4c3c2)c1.NCCCc1cccc(-c2ccc3sc4ccc(-c5cccc(CCCN)c5)cc4c3c2)c1.NCCNCc1cccc(-c2ccc3sc4ccc(-c5cncc(CNCCN)c5)cc4c3c2)c1. The van der Waals surface area contributed by atoms with Gasteiger partial charge in [0.2, 0.25) is 0 Å². The lowest BCUT2D eigenvalue weighted by atomic mass is 9.96. The van der Waals surface area contributed by atoms with Crippen molar-refractivity contribution >= 4 is 149 Å². The first-order valence-electron chi connectivity index (χ1n) is 46.4. The van der Waals surface area contributed by atoms with Crippen LogP contribution in [0.15, 0.2) is 308 Å².